The van der Waals surface area contributed by atoms with Gasteiger partial charge in [-0.05, 0) is 60.2 Å². The van der Waals surface area contributed by atoms with Gasteiger partial charge in [-0.3, -0.25) is 9.78 Å². The smallest absolute Gasteiger partial charge is 0.240 e. The molecule has 6 nitrogen and oxygen atoms in total. The largest absolute Gasteiger partial charge is 0.326 e. The molecule has 2 aromatic carbocycles. The zero-order valence-corrected chi connectivity index (χ0v) is 17.5. The molecule has 3 rings (SSSR count). The van der Waals surface area contributed by atoms with Gasteiger partial charge in [0.15, 0.2) is 0 Å². The van der Waals surface area contributed by atoms with Crippen LogP contribution < -0.4 is 10.0 Å². The third-order valence-corrected chi connectivity index (χ3v) is 6.59. The molecule has 1 aromatic heterocycles. The molecule has 2 N–H and O–H groups in total. The van der Waals surface area contributed by atoms with Crippen LogP contribution >= 0.6 is 11.8 Å². The van der Waals surface area contributed by atoms with Crippen molar-refractivity contribution < 1.29 is 17.6 Å². The molecule has 0 aliphatic rings. The molecule has 9 heteroatoms. The van der Waals surface area contributed by atoms with Crippen molar-refractivity contribution >= 4 is 33.4 Å². The van der Waals surface area contributed by atoms with Gasteiger partial charge in [-0.15, -0.1) is 11.8 Å². The number of benzene rings is 2. The fraction of sp³-hybridized carbons (Fsp3) is 0.143. The van der Waals surface area contributed by atoms with E-state index in [-0.39, 0.29) is 23.8 Å². The molecule has 0 radical (unpaired) electrons. The molecule has 156 valence electrons. The van der Waals surface area contributed by atoms with Gasteiger partial charge in [-0.1, -0.05) is 6.07 Å². The van der Waals surface area contributed by atoms with Crippen LogP contribution in [0.5, 0.6) is 0 Å². The van der Waals surface area contributed by atoms with Crippen molar-refractivity contribution in [2.45, 2.75) is 22.0 Å². The molecule has 0 aliphatic carbocycles. The molecule has 0 unspecified atom stereocenters. The van der Waals surface area contributed by atoms with E-state index < -0.39 is 15.8 Å². The van der Waals surface area contributed by atoms with Crippen LogP contribution in [-0.2, 0) is 20.6 Å². The molecule has 0 saturated carbocycles. The van der Waals surface area contributed by atoms with Gasteiger partial charge in [-0.2, -0.15) is 0 Å². The van der Waals surface area contributed by atoms with Crippen molar-refractivity contribution in [2.75, 3.05) is 11.9 Å². The van der Waals surface area contributed by atoms with Crippen LogP contribution in [0.4, 0.5) is 10.1 Å². The molecule has 1 heterocycles. The van der Waals surface area contributed by atoms with Gasteiger partial charge in [0.1, 0.15) is 5.82 Å². The Bertz CT molecular complexity index is 1070. The summed E-state index contributed by atoms with van der Waals surface area (Å²) >= 11 is 1.66. The van der Waals surface area contributed by atoms with E-state index in [9.17, 15) is 17.6 Å². The SMILES string of the molecule is O=C(CCNS(=O)(=O)c1ccc(F)cc1)Nc1ccc(SCc2cccnc2)cc1. The molecule has 0 fully saturated rings. The van der Waals surface area contributed by atoms with Crippen molar-refractivity contribution in [3.63, 3.8) is 0 Å². The van der Waals surface area contributed by atoms with E-state index in [4.69, 9.17) is 0 Å². The minimum atomic E-state index is -3.78. The number of halogens is 1. The molecular weight excluding hydrogens is 425 g/mol. The van der Waals surface area contributed by atoms with Crippen molar-refractivity contribution in [3.8, 4) is 0 Å². The lowest BCUT2D eigenvalue weighted by Gasteiger charge is -2.08. The van der Waals surface area contributed by atoms with E-state index in [1.54, 1.807) is 30.1 Å². The van der Waals surface area contributed by atoms with E-state index in [0.717, 1.165) is 28.3 Å². The Morgan fingerprint density at radius 2 is 1.77 bits per heavy atom. The van der Waals surface area contributed by atoms with Crippen LogP contribution in [0.15, 0.2) is 82.8 Å². The van der Waals surface area contributed by atoms with Crippen molar-refractivity contribution in [2.24, 2.45) is 0 Å². The summed E-state index contributed by atoms with van der Waals surface area (Å²) in [5.74, 6) is -0.0318. The van der Waals surface area contributed by atoms with Crippen molar-refractivity contribution in [1.29, 1.82) is 0 Å². The molecule has 30 heavy (non-hydrogen) atoms. The predicted molar refractivity (Wildman–Crippen MR) is 115 cm³/mol. The second-order valence-corrected chi connectivity index (χ2v) is 9.14. The fourth-order valence-electron chi connectivity index (χ4n) is 2.50. The standard InChI is InChI=1S/C21H20FN3O3S2/c22-17-3-9-20(10-4-17)30(27,28)24-13-11-21(26)25-18-5-7-19(8-6-18)29-15-16-2-1-12-23-14-16/h1-10,12,14,24H,11,13,15H2,(H,25,26). The highest BCUT2D eigenvalue weighted by atomic mass is 32.2. The number of rotatable bonds is 9. The second kappa shape index (κ2) is 10.3. The topological polar surface area (TPSA) is 88.2 Å². The summed E-state index contributed by atoms with van der Waals surface area (Å²) in [6.07, 6.45) is 3.53. The first-order valence-corrected chi connectivity index (χ1v) is 11.6. The quantitative estimate of drug-likeness (QED) is 0.489. The first-order chi connectivity index (χ1) is 14.4. The first-order valence-electron chi connectivity index (χ1n) is 9.09. The summed E-state index contributed by atoms with van der Waals surface area (Å²) in [4.78, 5) is 17.2. The molecular formula is C21H20FN3O3S2. The number of nitrogens with one attached hydrogen (secondary N) is 2. The Morgan fingerprint density at radius 1 is 1.03 bits per heavy atom. The van der Waals surface area contributed by atoms with Crippen LogP contribution in [0, 0.1) is 5.82 Å². The fourth-order valence-corrected chi connectivity index (χ4v) is 4.37. The second-order valence-electron chi connectivity index (χ2n) is 6.32. The van der Waals surface area contributed by atoms with E-state index in [1.165, 1.54) is 12.1 Å². The summed E-state index contributed by atoms with van der Waals surface area (Å²) in [6.45, 7) is -0.0649. The molecule has 1 amide bonds. The Morgan fingerprint density at radius 3 is 2.43 bits per heavy atom. The molecule has 0 saturated heterocycles. The third-order valence-electron chi connectivity index (χ3n) is 4.03. The number of amides is 1. The average Bonchev–Trinajstić information content (AvgIpc) is 2.74. The zero-order valence-electron chi connectivity index (χ0n) is 15.9. The van der Waals surface area contributed by atoms with Gasteiger partial charge in [-0.25, -0.2) is 17.5 Å². The summed E-state index contributed by atoms with van der Waals surface area (Å²) < 4.78 is 39.5. The Labute approximate surface area is 179 Å². The maximum atomic E-state index is 12.9. The highest BCUT2D eigenvalue weighted by Gasteiger charge is 2.14. The molecule has 0 aliphatic heterocycles. The van der Waals surface area contributed by atoms with Gasteiger partial charge >= 0.3 is 0 Å². The Kier molecular flexibility index (Phi) is 7.56. The normalized spacial score (nSPS) is 11.2. The van der Waals surface area contributed by atoms with Gasteiger partial charge < -0.3 is 5.32 Å². The molecule has 3 aromatic rings. The lowest BCUT2D eigenvalue weighted by molar-refractivity contribution is -0.116. The summed E-state index contributed by atoms with van der Waals surface area (Å²) in [6, 6.07) is 15.8. The van der Waals surface area contributed by atoms with Gasteiger partial charge in [0, 0.05) is 41.7 Å². The minimum Gasteiger partial charge on any atom is -0.326 e. The van der Waals surface area contributed by atoms with E-state index >= 15 is 0 Å². The summed E-state index contributed by atoms with van der Waals surface area (Å²) in [5, 5.41) is 2.73. The van der Waals surface area contributed by atoms with Gasteiger partial charge in [0.25, 0.3) is 0 Å². The molecule has 0 spiro atoms. The number of hydrogen-bond acceptors (Lipinski definition) is 5. The van der Waals surface area contributed by atoms with E-state index in [1.807, 2.05) is 30.5 Å². The van der Waals surface area contributed by atoms with Gasteiger partial charge in [0.05, 0.1) is 4.90 Å². The number of sulfonamides is 1. The number of thioether (sulfide) groups is 1. The van der Waals surface area contributed by atoms with Crippen molar-refractivity contribution in [1.82, 2.24) is 9.71 Å². The van der Waals surface area contributed by atoms with Crippen LogP contribution in [0.2, 0.25) is 0 Å². The minimum absolute atomic E-state index is 0.0298. The first kappa shape index (κ1) is 21.9. The molecule has 0 bridgehead atoms. The number of carbonyl (C=O) groups is 1. The Balaban J connectivity index is 1.44. The maximum Gasteiger partial charge on any atom is 0.240 e. The van der Waals surface area contributed by atoms with Crippen LogP contribution in [0.1, 0.15) is 12.0 Å². The predicted octanol–water partition coefficient (Wildman–Crippen LogP) is 3.82. The summed E-state index contributed by atoms with van der Waals surface area (Å²) in [7, 11) is -3.78. The number of pyridine rings is 1. The van der Waals surface area contributed by atoms with Crippen molar-refractivity contribution in [3.05, 3.63) is 84.4 Å². The summed E-state index contributed by atoms with van der Waals surface area (Å²) in [5.41, 5.74) is 1.76. The lowest BCUT2D eigenvalue weighted by atomic mass is 10.3. The molecule has 0 atom stereocenters. The number of nitrogens with zero attached hydrogens (tertiary/aromatic N) is 1. The number of carbonyl (C=O) groups excluding carboxylic acids is 1. The average molecular weight is 446 g/mol. The third kappa shape index (κ3) is 6.65. The number of anilines is 1. The Hall–Kier alpha value is -2.75. The number of hydrogen-bond donors (Lipinski definition) is 2. The lowest BCUT2D eigenvalue weighted by Crippen LogP contribution is -2.27. The highest BCUT2D eigenvalue weighted by molar-refractivity contribution is 7.98. The van der Waals surface area contributed by atoms with Crippen LogP contribution in [-0.4, -0.2) is 25.9 Å². The van der Waals surface area contributed by atoms with Crippen LogP contribution in [0.25, 0.3) is 0 Å². The van der Waals surface area contributed by atoms with E-state index in [0.29, 0.717) is 5.69 Å². The van der Waals surface area contributed by atoms with E-state index in [2.05, 4.69) is 15.0 Å². The number of aromatic nitrogens is 1. The zero-order chi connectivity index (χ0) is 21.4. The monoisotopic (exact) mass is 445 g/mol. The van der Waals surface area contributed by atoms with Gasteiger partial charge in [0.2, 0.25) is 15.9 Å². The maximum absolute atomic E-state index is 12.9. The van der Waals surface area contributed by atoms with Crippen LogP contribution in [0.3, 0.4) is 0 Å². The highest BCUT2D eigenvalue weighted by Crippen LogP contribution is 2.24.